The van der Waals surface area contributed by atoms with E-state index in [1.165, 1.54) is 25.7 Å². The Hall–Kier alpha value is -2.58. The molecular formula is C36H74N4O17S2. The first-order valence-corrected chi connectivity index (χ1v) is 22.6. The Balaban J connectivity index is -0.000000655. The Morgan fingerprint density at radius 3 is 0.559 bits per heavy atom. The van der Waals surface area contributed by atoms with Gasteiger partial charge in [0.1, 0.15) is 0 Å². The summed E-state index contributed by atoms with van der Waals surface area (Å²) in [5.74, 6) is -2.82. The first-order valence-electron chi connectivity index (χ1n) is 19.8. The van der Waals surface area contributed by atoms with E-state index in [2.05, 4.69) is 0 Å². The molecule has 0 heterocycles. The Bertz CT molecular complexity index is 1210. The van der Waals surface area contributed by atoms with Crippen LogP contribution in [0.3, 0.4) is 0 Å². The van der Waals surface area contributed by atoms with Crippen molar-refractivity contribution in [2.75, 3.05) is 26.2 Å². The molecule has 0 aromatic carbocycles. The van der Waals surface area contributed by atoms with Crippen LogP contribution in [0.4, 0.5) is 0 Å². The molecule has 21 nitrogen and oxygen atoms in total. The second-order valence-electron chi connectivity index (χ2n) is 16.2. The predicted molar refractivity (Wildman–Crippen MR) is 219 cm³/mol. The van der Waals surface area contributed by atoms with Crippen LogP contribution in [0.2, 0.25) is 0 Å². The molecule has 0 saturated heterocycles. The van der Waals surface area contributed by atoms with Crippen molar-refractivity contribution in [3.8, 4) is 0 Å². The second-order valence-corrected chi connectivity index (χ2v) is 18.0. The summed E-state index contributed by atoms with van der Waals surface area (Å²) in [5, 5.41) is 34.8. The fourth-order valence-corrected chi connectivity index (χ4v) is 8.30. The van der Waals surface area contributed by atoms with E-state index in [0.717, 1.165) is 103 Å². The van der Waals surface area contributed by atoms with Crippen molar-refractivity contribution in [3.05, 3.63) is 0 Å². The maximum Gasteiger partial charge on any atom is 0.394 e. The van der Waals surface area contributed by atoms with Gasteiger partial charge in [0.15, 0.2) is 0 Å². The number of nitrogens with two attached hydrogens (primary N) is 4. The van der Waals surface area contributed by atoms with Crippen LogP contribution >= 0.6 is 0 Å². The lowest BCUT2D eigenvalue weighted by atomic mass is 9.72. The molecule has 23 heteroatoms. The summed E-state index contributed by atoms with van der Waals surface area (Å²) in [6.45, 7) is 2.11. The van der Waals surface area contributed by atoms with E-state index in [4.69, 9.17) is 78.4 Å². The minimum absolute atomic E-state index is 0. The molecule has 0 radical (unpaired) electrons. The highest BCUT2D eigenvalue weighted by Crippen LogP contribution is 2.40. The lowest BCUT2D eigenvalue weighted by molar-refractivity contribution is -0.141. The van der Waals surface area contributed by atoms with Gasteiger partial charge in [-0.2, -0.15) is 16.8 Å². The molecule has 0 atom stereocenters. The van der Waals surface area contributed by atoms with Crippen molar-refractivity contribution < 1.29 is 80.1 Å². The van der Waals surface area contributed by atoms with Gasteiger partial charge in [-0.25, -0.2) is 0 Å². The van der Waals surface area contributed by atoms with Crippen LogP contribution in [0, 0.1) is 21.7 Å². The summed E-state index contributed by atoms with van der Waals surface area (Å²) in [4.78, 5) is 42.3. The minimum atomic E-state index is -4.67. The van der Waals surface area contributed by atoms with Crippen molar-refractivity contribution in [3.63, 3.8) is 0 Å². The van der Waals surface area contributed by atoms with Gasteiger partial charge in [0.2, 0.25) is 0 Å². The van der Waals surface area contributed by atoms with Crippen molar-refractivity contribution in [2.24, 2.45) is 44.6 Å². The largest absolute Gasteiger partial charge is 0.481 e. The van der Waals surface area contributed by atoms with E-state index < -0.39 is 44.7 Å². The van der Waals surface area contributed by atoms with Gasteiger partial charge in [-0.15, -0.1) is 0 Å². The van der Waals surface area contributed by atoms with Crippen molar-refractivity contribution in [1.82, 2.24) is 0 Å². The molecule has 59 heavy (non-hydrogen) atoms. The molecule has 0 unspecified atom stereocenters. The van der Waals surface area contributed by atoms with Gasteiger partial charge in [-0.3, -0.25) is 37.4 Å². The van der Waals surface area contributed by atoms with Gasteiger partial charge in [0.25, 0.3) is 0 Å². The molecular weight excluding hydrogens is 825 g/mol. The summed E-state index contributed by atoms with van der Waals surface area (Å²) in [7, 11) is -9.33. The fourth-order valence-electron chi connectivity index (χ4n) is 8.30. The third kappa shape index (κ3) is 32.8. The van der Waals surface area contributed by atoms with Gasteiger partial charge in [-0.1, -0.05) is 77.0 Å². The van der Waals surface area contributed by atoms with Crippen LogP contribution in [-0.2, 0) is 40.0 Å². The predicted octanol–water partition coefficient (Wildman–Crippen LogP) is 3.35. The Kier molecular flexibility index (Phi) is 31.3. The van der Waals surface area contributed by atoms with Crippen molar-refractivity contribution in [1.29, 1.82) is 0 Å². The molecule has 4 saturated carbocycles. The molecule has 0 aromatic rings. The number of carbonyl (C=O) groups is 4. The number of aliphatic carboxylic acids is 4. The Morgan fingerprint density at radius 2 is 0.475 bits per heavy atom. The molecule has 4 aliphatic rings. The van der Waals surface area contributed by atoms with Gasteiger partial charge < -0.3 is 48.8 Å². The van der Waals surface area contributed by atoms with E-state index in [1.807, 2.05) is 0 Å². The van der Waals surface area contributed by atoms with Gasteiger partial charge in [-0.05, 0) is 99.2 Å². The van der Waals surface area contributed by atoms with Crippen LogP contribution in [0.15, 0.2) is 0 Å². The highest BCUT2D eigenvalue weighted by atomic mass is 32.3. The number of hydrogen-bond acceptors (Lipinski definition) is 12. The first kappa shape index (κ1) is 60.7. The zero-order chi connectivity index (χ0) is 45.1. The second kappa shape index (κ2) is 30.4. The Labute approximate surface area is 348 Å². The van der Waals surface area contributed by atoms with E-state index in [1.54, 1.807) is 0 Å². The maximum atomic E-state index is 10.6. The molecule has 0 spiro atoms. The summed E-state index contributed by atoms with van der Waals surface area (Å²) in [6.07, 6.45) is 23.1. The van der Waals surface area contributed by atoms with Crippen LogP contribution in [0.5, 0.6) is 0 Å². The molecule has 0 aromatic heterocycles. The van der Waals surface area contributed by atoms with Gasteiger partial charge in [0.05, 0.1) is 25.7 Å². The van der Waals surface area contributed by atoms with E-state index in [-0.39, 0.29) is 52.8 Å². The summed E-state index contributed by atoms with van der Waals surface area (Å²) < 4.78 is 63.2. The summed E-state index contributed by atoms with van der Waals surface area (Å²) in [6, 6.07) is 0. The van der Waals surface area contributed by atoms with Crippen molar-refractivity contribution in [2.45, 2.75) is 154 Å². The molecule has 0 amide bonds. The molecule has 352 valence electrons. The highest BCUT2D eigenvalue weighted by molar-refractivity contribution is 7.80. The number of carboxylic acids is 4. The third-order valence-corrected chi connectivity index (χ3v) is 11.5. The summed E-state index contributed by atoms with van der Waals surface area (Å²) in [5.41, 5.74) is 22.2. The van der Waals surface area contributed by atoms with E-state index in [9.17, 15) is 19.2 Å². The van der Waals surface area contributed by atoms with Crippen LogP contribution in [0.25, 0.3) is 0 Å². The standard InChI is InChI=1S/4C9H17NO2.2H2O4S.H2O/c4*10-7-9(6-8(11)12)4-2-1-3-5-9;2*1-5(2,3)4;/h4*1-7,10H2,(H,11,12);2*(H2,1,2,3,4);1H2. The average molecular weight is 899 g/mol. The first-order chi connectivity index (χ1) is 26.7. The summed E-state index contributed by atoms with van der Waals surface area (Å²) >= 11 is 0. The molecule has 0 bridgehead atoms. The molecule has 0 aliphatic heterocycles. The van der Waals surface area contributed by atoms with E-state index in [0.29, 0.717) is 26.2 Å². The quantitative estimate of drug-likeness (QED) is 0.125. The normalized spacial score (nSPS) is 19.9. The zero-order valence-electron chi connectivity index (χ0n) is 34.3. The SMILES string of the molecule is NCC1(CC(=O)O)CCCCC1.NCC1(CC(=O)O)CCCCC1.NCC1(CC(=O)O)CCCCC1.NCC1(CC(=O)O)CCCCC1.O.O=S(=O)(O)O.O=S(=O)(O)O. The van der Waals surface area contributed by atoms with E-state index >= 15 is 0 Å². The molecule has 4 fully saturated rings. The van der Waals surface area contributed by atoms with Crippen LogP contribution in [-0.4, -0.2) is 111 Å². The van der Waals surface area contributed by atoms with Crippen LogP contribution in [0.1, 0.15) is 154 Å². The molecule has 18 N–H and O–H groups in total. The monoisotopic (exact) mass is 898 g/mol. The molecule has 4 aliphatic carbocycles. The minimum Gasteiger partial charge on any atom is -0.481 e. The van der Waals surface area contributed by atoms with Crippen LogP contribution < -0.4 is 22.9 Å². The number of rotatable bonds is 12. The average Bonchev–Trinajstić information content (AvgIpc) is 3.11. The molecule has 4 rings (SSSR count). The maximum absolute atomic E-state index is 10.6. The number of carboxylic acid groups (broad SMARTS) is 4. The zero-order valence-corrected chi connectivity index (χ0v) is 35.9. The smallest absolute Gasteiger partial charge is 0.394 e. The topological polar surface area (TPSA) is 434 Å². The fraction of sp³-hybridized carbons (Fsp3) is 0.889. The highest BCUT2D eigenvalue weighted by Gasteiger charge is 2.35. The Morgan fingerprint density at radius 1 is 0.356 bits per heavy atom. The van der Waals surface area contributed by atoms with Crippen molar-refractivity contribution >= 4 is 44.7 Å². The lowest BCUT2D eigenvalue weighted by Gasteiger charge is -2.34. The van der Waals surface area contributed by atoms with Gasteiger partial charge in [0, 0.05) is 0 Å². The lowest BCUT2D eigenvalue weighted by Crippen LogP contribution is -2.34. The third-order valence-electron chi connectivity index (χ3n) is 11.5. The number of hydrogen-bond donors (Lipinski definition) is 12. The van der Waals surface area contributed by atoms with Gasteiger partial charge >= 0.3 is 44.7 Å².